The van der Waals surface area contributed by atoms with Crippen LogP contribution in [0, 0.1) is 0 Å². The van der Waals surface area contributed by atoms with E-state index in [4.69, 9.17) is 15.3 Å². The summed E-state index contributed by atoms with van der Waals surface area (Å²) >= 11 is 0. The van der Waals surface area contributed by atoms with Crippen LogP contribution in [-0.2, 0) is 4.79 Å². The third-order valence-electron chi connectivity index (χ3n) is 1.47. The van der Waals surface area contributed by atoms with Crippen molar-refractivity contribution in [3.63, 3.8) is 0 Å². The lowest BCUT2D eigenvalue weighted by molar-refractivity contribution is -0.147. The fourth-order valence-electron chi connectivity index (χ4n) is 0.852. The van der Waals surface area contributed by atoms with Gasteiger partial charge in [-0.2, -0.15) is 0 Å². The molecule has 0 aliphatic rings. The quantitative estimate of drug-likeness (QED) is 0.601. The normalized spacial score (nSPS) is 12.4. The molecule has 4 heteroatoms. The van der Waals surface area contributed by atoms with Crippen molar-refractivity contribution < 1.29 is 20.1 Å². The molecule has 0 aliphatic heterocycles. The van der Waals surface area contributed by atoms with Crippen molar-refractivity contribution in [2.75, 3.05) is 0 Å². The average molecular weight is 168 g/mol. The van der Waals surface area contributed by atoms with Crippen molar-refractivity contribution in [2.45, 2.75) is 6.10 Å². The van der Waals surface area contributed by atoms with Crippen molar-refractivity contribution in [1.29, 1.82) is 0 Å². The standard InChI is InChI=1S/C8H8O4/c9-6-4-2-1-3-5(6)7(10)8(11)12/h1-4,7,9-10H,(H,11,12). The summed E-state index contributed by atoms with van der Waals surface area (Å²) in [7, 11) is 0. The first-order chi connectivity index (χ1) is 5.63. The molecule has 3 N–H and O–H groups in total. The number of carboxylic acids is 1. The molecule has 0 saturated carbocycles. The van der Waals surface area contributed by atoms with Crippen LogP contribution in [0.3, 0.4) is 0 Å². The molecule has 0 saturated heterocycles. The van der Waals surface area contributed by atoms with Gasteiger partial charge in [-0.05, 0) is 6.07 Å². The summed E-state index contributed by atoms with van der Waals surface area (Å²) in [6.07, 6.45) is -1.66. The van der Waals surface area contributed by atoms with Crippen LogP contribution in [0.4, 0.5) is 0 Å². The van der Waals surface area contributed by atoms with Crippen LogP contribution < -0.4 is 0 Å². The molecule has 0 heterocycles. The van der Waals surface area contributed by atoms with Crippen LogP contribution in [0.2, 0.25) is 0 Å². The maximum absolute atomic E-state index is 10.3. The number of carbonyl (C=O) groups is 1. The van der Waals surface area contributed by atoms with Crippen LogP contribution in [-0.4, -0.2) is 21.3 Å². The lowest BCUT2D eigenvalue weighted by atomic mass is 10.1. The van der Waals surface area contributed by atoms with E-state index in [2.05, 4.69) is 0 Å². The van der Waals surface area contributed by atoms with Gasteiger partial charge in [0, 0.05) is 5.56 Å². The molecule has 1 unspecified atom stereocenters. The molecule has 1 rings (SSSR count). The molecule has 1 atom stereocenters. The summed E-state index contributed by atoms with van der Waals surface area (Å²) in [5, 5.41) is 26.5. The van der Waals surface area contributed by atoms with E-state index in [1.165, 1.54) is 12.1 Å². The molecule has 0 fully saturated rings. The van der Waals surface area contributed by atoms with Crippen molar-refractivity contribution in [3.05, 3.63) is 29.8 Å². The van der Waals surface area contributed by atoms with Crippen molar-refractivity contribution >= 4 is 5.97 Å². The fourth-order valence-corrected chi connectivity index (χ4v) is 0.852. The van der Waals surface area contributed by atoms with E-state index in [1.807, 2.05) is 0 Å². The van der Waals surface area contributed by atoms with Crippen LogP contribution in [0.5, 0.6) is 5.75 Å². The Kier molecular flexibility index (Phi) is 2.30. The third-order valence-corrected chi connectivity index (χ3v) is 1.47. The summed E-state index contributed by atoms with van der Waals surface area (Å²) in [5.74, 6) is -1.59. The average Bonchev–Trinajstić information content (AvgIpc) is 2.04. The number of aliphatic hydroxyl groups is 1. The van der Waals surface area contributed by atoms with Gasteiger partial charge in [0.05, 0.1) is 0 Å². The summed E-state index contributed by atoms with van der Waals surface area (Å²) < 4.78 is 0. The first-order valence-electron chi connectivity index (χ1n) is 3.31. The molecule has 4 nitrogen and oxygen atoms in total. The minimum absolute atomic E-state index is 0.00463. The maximum atomic E-state index is 10.3. The maximum Gasteiger partial charge on any atom is 0.337 e. The topological polar surface area (TPSA) is 77.8 Å². The zero-order valence-corrected chi connectivity index (χ0v) is 6.14. The second kappa shape index (κ2) is 3.23. The minimum Gasteiger partial charge on any atom is -0.508 e. The number of rotatable bonds is 2. The highest BCUT2D eigenvalue weighted by atomic mass is 16.4. The molecule has 1 aromatic rings. The van der Waals surface area contributed by atoms with Gasteiger partial charge in [-0.3, -0.25) is 0 Å². The van der Waals surface area contributed by atoms with Crippen LogP contribution in [0.25, 0.3) is 0 Å². The van der Waals surface area contributed by atoms with E-state index in [1.54, 1.807) is 12.1 Å². The van der Waals surface area contributed by atoms with E-state index in [-0.39, 0.29) is 11.3 Å². The Balaban J connectivity index is 3.02. The molecule has 0 bridgehead atoms. The van der Waals surface area contributed by atoms with Gasteiger partial charge in [0.1, 0.15) is 5.75 Å². The number of para-hydroxylation sites is 1. The Hall–Kier alpha value is -1.55. The van der Waals surface area contributed by atoms with Crippen molar-refractivity contribution in [2.24, 2.45) is 0 Å². The second-order valence-corrected chi connectivity index (χ2v) is 2.30. The molecule has 64 valence electrons. The monoisotopic (exact) mass is 168 g/mol. The van der Waals surface area contributed by atoms with Gasteiger partial charge in [0.2, 0.25) is 0 Å². The molecule has 12 heavy (non-hydrogen) atoms. The van der Waals surface area contributed by atoms with Gasteiger partial charge >= 0.3 is 5.97 Å². The zero-order chi connectivity index (χ0) is 9.14. The fraction of sp³-hybridized carbons (Fsp3) is 0.125. The van der Waals surface area contributed by atoms with Gasteiger partial charge in [0.15, 0.2) is 6.10 Å². The molecular weight excluding hydrogens is 160 g/mol. The molecule has 0 amide bonds. The number of aliphatic carboxylic acids is 1. The molecule has 1 aromatic carbocycles. The van der Waals surface area contributed by atoms with Crippen LogP contribution >= 0.6 is 0 Å². The Bertz CT molecular complexity index is 295. The minimum atomic E-state index is -1.66. The largest absolute Gasteiger partial charge is 0.508 e. The highest BCUT2D eigenvalue weighted by Gasteiger charge is 2.18. The summed E-state index contributed by atoms with van der Waals surface area (Å²) in [6.45, 7) is 0. The Morgan fingerprint density at radius 1 is 1.33 bits per heavy atom. The van der Waals surface area contributed by atoms with Crippen LogP contribution in [0.1, 0.15) is 11.7 Å². The zero-order valence-electron chi connectivity index (χ0n) is 6.14. The molecule has 0 radical (unpaired) electrons. The van der Waals surface area contributed by atoms with Crippen molar-refractivity contribution in [3.8, 4) is 5.75 Å². The summed E-state index contributed by atoms with van der Waals surface area (Å²) in [6, 6.07) is 5.77. The Morgan fingerprint density at radius 3 is 2.42 bits per heavy atom. The lowest BCUT2D eigenvalue weighted by Crippen LogP contribution is -2.10. The number of hydrogen-bond acceptors (Lipinski definition) is 3. The van der Waals surface area contributed by atoms with Gasteiger partial charge in [-0.1, -0.05) is 18.2 Å². The number of phenols is 1. The number of carboxylic acid groups (broad SMARTS) is 1. The molecular formula is C8H8O4. The number of hydrogen-bond donors (Lipinski definition) is 3. The molecule has 0 aliphatic carbocycles. The first kappa shape index (κ1) is 8.55. The smallest absolute Gasteiger partial charge is 0.337 e. The predicted molar refractivity (Wildman–Crippen MR) is 40.7 cm³/mol. The highest BCUT2D eigenvalue weighted by Crippen LogP contribution is 2.23. The lowest BCUT2D eigenvalue weighted by Gasteiger charge is -2.06. The summed E-state index contributed by atoms with van der Waals surface area (Å²) in [5.41, 5.74) is 0.00463. The third kappa shape index (κ3) is 1.54. The second-order valence-electron chi connectivity index (χ2n) is 2.30. The Morgan fingerprint density at radius 2 is 1.92 bits per heavy atom. The van der Waals surface area contributed by atoms with Gasteiger partial charge in [0.25, 0.3) is 0 Å². The van der Waals surface area contributed by atoms with Crippen molar-refractivity contribution in [1.82, 2.24) is 0 Å². The Labute approximate surface area is 68.7 Å². The van der Waals surface area contributed by atoms with Gasteiger partial charge in [-0.15, -0.1) is 0 Å². The molecule has 0 aromatic heterocycles. The number of benzene rings is 1. The van der Waals surface area contributed by atoms with E-state index >= 15 is 0 Å². The molecule has 0 spiro atoms. The van der Waals surface area contributed by atoms with Gasteiger partial charge < -0.3 is 15.3 Å². The van der Waals surface area contributed by atoms with Crippen LogP contribution in [0.15, 0.2) is 24.3 Å². The van der Waals surface area contributed by atoms with E-state index < -0.39 is 12.1 Å². The van der Waals surface area contributed by atoms with E-state index in [0.29, 0.717) is 0 Å². The van der Waals surface area contributed by atoms with Gasteiger partial charge in [-0.25, -0.2) is 4.79 Å². The first-order valence-corrected chi connectivity index (χ1v) is 3.31. The highest BCUT2D eigenvalue weighted by molar-refractivity contribution is 5.75. The van der Waals surface area contributed by atoms with E-state index in [0.717, 1.165) is 0 Å². The SMILES string of the molecule is O=C(O)C(O)c1ccccc1O. The summed E-state index contributed by atoms with van der Waals surface area (Å²) in [4.78, 5) is 10.3. The number of phenolic OH excluding ortho intramolecular Hbond substituents is 1. The van der Waals surface area contributed by atoms with E-state index in [9.17, 15) is 4.79 Å². The predicted octanol–water partition coefficient (Wildman–Crippen LogP) is 0.510. The number of aliphatic hydroxyl groups excluding tert-OH is 1. The number of aromatic hydroxyl groups is 1.